The molecular weight excluding hydrogens is 344 g/mol. The molecule has 1 aliphatic heterocycles. The first kappa shape index (κ1) is 17.3. The lowest BCUT2D eigenvalue weighted by atomic mass is 10.0. The van der Waals surface area contributed by atoms with E-state index in [0.29, 0.717) is 46.5 Å². The molecule has 0 aliphatic carbocycles. The Morgan fingerprint density at radius 1 is 1.40 bits per heavy atom. The van der Waals surface area contributed by atoms with Crippen LogP contribution in [0, 0.1) is 0 Å². The maximum atomic E-state index is 12.9. The molecule has 2 aromatic rings. The molecule has 0 saturated carbocycles. The van der Waals surface area contributed by atoms with Crippen molar-refractivity contribution in [3.05, 3.63) is 50.4 Å². The molecule has 1 N–H and O–H groups in total. The zero-order valence-electron chi connectivity index (χ0n) is 14.3. The minimum atomic E-state index is -0.196. The smallest absolute Gasteiger partial charge is 0.258 e. The molecule has 1 amide bonds. The molecule has 3 rings (SSSR count). The van der Waals surface area contributed by atoms with Gasteiger partial charge in [0.25, 0.3) is 11.5 Å². The van der Waals surface area contributed by atoms with Crippen molar-refractivity contribution in [2.75, 3.05) is 32.6 Å². The molecule has 0 radical (unpaired) electrons. The normalized spacial score (nSPS) is 13.4. The van der Waals surface area contributed by atoms with Crippen LogP contribution in [0.25, 0.3) is 0 Å². The Hall–Kier alpha value is -2.54. The number of anilines is 1. The number of benzene rings is 1. The van der Waals surface area contributed by atoms with Gasteiger partial charge in [0.15, 0.2) is 0 Å². The number of nitrogens with zero attached hydrogens (tertiary/aromatic N) is 3. The van der Waals surface area contributed by atoms with Crippen molar-refractivity contribution in [3.63, 3.8) is 0 Å². The van der Waals surface area contributed by atoms with Gasteiger partial charge in [-0.1, -0.05) is 11.6 Å². The van der Waals surface area contributed by atoms with Crippen molar-refractivity contribution in [1.82, 2.24) is 14.9 Å². The molecule has 25 heavy (non-hydrogen) atoms. The Labute approximate surface area is 150 Å². The SMILES string of the molecule is COc1ccc(Cl)cc1C(=O)N1CCc2c(nc(N(C)C)[nH]c2=O)C1. The standard InChI is InChI=1S/C17H19ClN4O3/c1-21(2)17-19-13-9-22(7-6-11(13)15(23)20-17)16(24)12-8-10(18)4-5-14(12)25-3/h4-5,8H,6-7,9H2,1-3H3,(H,19,20,23). The summed E-state index contributed by atoms with van der Waals surface area (Å²) < 4.78 is 5.27. The second-order valence-electron chi connectivity index (χ2n) is 6.03. The first-order valence-electron chi connectivity index (χ1n) is 7.83. The van der Waals surface area contributed by atoms with E-state index >= 15 is 0 Å². The summed E-state index contributed by atoms with van der Waals surface area (Å²) in [4.78, 5) is 35.7. The number of hydrogen-bond donors (Lipinski definition) is 1. The molecule has 2 heterocycles. The molecule has 0 spiro atoms. The number of nitrogens with one attached hydrogen (secondary N) is 1. The van der Waals surface area contributed by atoms with Crippen molar-refractivity contribution in [1.29, 1.82) is 0 Å². The van der Waals surface area contributed by atoms with Crippen LogP contribution in [0.4, 0.5) is 5.95 Å². The molecule has 1 aliphatic rings. The van der Waals surface area contributed by atoms with Gasteiger partial charge in [-0.15, -0.1) is 0 Å². The fourth-order valence-electron chi connectivity index (χ4n) is 2.83. The zero-order chi connectivity index (χ0) is 18.1. The lowest BCUT2D eigenvalue weighted by Gasteiger charge is -2.28. The molecular formula is C17H19ClN4O3. The molecule has 0 bridgehead atoms. The number of aromatic amines is 1. The Morgan fingerprint density at radius 2 is 2.16 bits per heavy atom. The molecule has 0 unspecified atom stereocenters. The van der Waals surface area contributed by atoms with E-state index < -0.39 is 0 Å². The molecule has 0 fully saturated rings. The van der Waals surface area contributed by atoms with Gasteiger partial charge in [-0.3, -0.25) is 14.6 Å². The van der Waals surface area contributed by atoms with Crippen LogP contribution in [-0.2, 0) is 13.0 Å². The number of hydrogen-bond acceptors (Lipinski definition) is 5. The van der Waals surface area contributed by atoms with Crippen molar-refractivity contribution >= 4 is 23.5 Å². The van der Waals surface area contributed by atoms with Crippen LogP contribution >= 0.6 is 11.6 Å². The summed E-state index contributed by atoms with van der Waals surface area (Å²) in [7, 11) is 5.11. The Balaban J connectivity index is 1.94. The molecule has 1 aromatic carbocycles. The fraction of sp³-hybridized carbons (Fsp3) is 0.353. The molecule has 0 saturated heterocycles. The Kier molecular flexibility index (Phi) is 4.67. The predicted molar refractivity (Wildman–Crippen MR) is 95.6 cm³/mol. The summed E-state index contributed by atoms with van der Waals surface area (Å²) >= 11 is 6.02. The fourth-order valence-corrected chi connectivity index (χ4v) is 3.00. The van der Waals surface area contributed by atoms with Gasteiger partial charge >= 0.3 is 0 Å². The minimum Gasteiger partial charge on any atom is -0.496 e. The van der Waals surface area contributed by atoms with Gasteiger partial charge in [-0.2, -0.15) is 0 Å². The Morgan fingerprint density at radius 3 is 2.84 bits per heavy atom. The van der Waals surface area contributed by atoms with Crippen molar-refractivity contribution < 1.29 is 9.53 Å². The summed E-state index contributed by atoms with van der Waals surface area (Å²) in [5.41, 5.74) is 1.50. The summed E-state index contributed by atoms with van der Waals surface area (Å²) in [6, 6.07) is 4.93. The largest absolute Gasteiger partial charge is 0.496 e. The van der Waals surface area contributed by atoms with E-state index in [1.165, 1.54) is 7.11 Å². The van der Waals surface area contributed by atoms with E-state index in [-0.39, 0.29) is 18.0 Å². The second-order valence-corrected chi connectivity index (χ2v) is 6.47. The number of rotatable bonds is 3. The number of aromatic nitrogens is 2. The molecule has 1 aromatic heterocycles. The van der Waals surface area contributed by atoms with E-state index in [0.717, 1.165) is 0 Å². The maximum Gasteiger partial charge on any atom is 0.258 e. The zero-order valence-corrected chi connectivity index (χ0v) is 15.1. The van der Waals surface area contributed by atoms with Crippen LogP contribution in [0.3, 0.4) is 0 Å². The highest BCUT2D eigenvalue weighted by atomic mass is 35.5. The lowest BCUT2D eigenvalue weighted by molar-refractivity contribution is 0.0728. The van der Waals surface area contributed by atoms with E-state index in [9.17, 15) is 9.59 Å². The van der Waals surface area contributed by atoms with E-state index in [1.807, 2.05) is 0 Å². The van der Waals surface area contributed by atoms with Crippen LogP contribution in [0.2, 0.25) is 5.02 Å². The number of H-pyrrole nitrogens is 1. The number of amides is 1. The van der Waals surface area contributed by atoms with Crippen LogP contribution in [0.5, 0.6) is 5.75 Å². The van der Waals surface area contributed by atoms with Gasteiger partial charge in [-0.25, -0.2) is 4.98 Å². The number of halogens is 1. The molecule has 0 atom stereocenters. The van der Waals surface area contributed by atoms with Gasteiger partial charge in [0, 0.05) is 31.2 Å². The average Bonchev–Trinajstić information content (AvgIpc) is 2.60. The third-order valence-electron chi connectivity index (χ3n) is 4.16. The maximum absolute atomic E-state index is 12.9. The Bertz CT molecular complexity index is 879. The van der Waals surface area contributed by atoms with Crippen molar-refractivity contribution in [3.8, 4) is 5.75 Å². The van der Waals surface area contributed by atoms with Gasteiger partial charge in [0.1, 0.15) is 5.75 Å². The van der Waals surface area contributed by atoms with Gasteiger partial charge in [0.2, 0.25) is 5.95 Å². The first-order valence-corrected chi connectivity index (χ1v) is 8.20. The lowest BCUT2D eigenvalue weighted by Crippen LogP contribution is -2.39. The molecule has 8 heteroatoms. The number of carbonyl (C=O) groups is 1. The third kappa shape index (κ3) is 3.32. The van der Waals surface area contributed by atoms with Crippen LogP contribution in [0.1, 0.15) is 21.6 Å². The summed E-state index contributed by atoms with van der Waals surface area (Å²) in [5.74, 6) is 0.741. The topological polar surface area (TPSA) is 78.5 Å². The highest BCUT2D eigenvalue weighted by molar-refractivity contribution is 6.31. The summed E-state index contributed by atoms with van der Waals surface area (Å²) in [6.07, 6.45) is 0.458. The van der Waals surface area contributed by atoms with Gasteiger partial charge < -0.3 is 14.5 Å². The van der Waals surface area contributed by atoms with Crippen LogP contribution < -0.4 is 15.2 Å². The highest BCUT2D eigenvalue weighted by Gasteiger charge is 2.27. The quantitative estimate of drug-likeness (QED) is 0.899. The van der Waals surface area contributed by atoms with E-state index in [2.05, 4.69) is 9.97 Å². The van der Waals surface area contributed by atoms with Crippen molar-refractivity contribution in [2.24, 2.45) is 0 Å². The molecule has 7 nitrogen and oxygen atoms in total. The first-order chi connectivity index (χ1) is 11.9. The predicted octanol–water partition coefficient (Wildman–Crippen LogP) is 1.70. The number of fused-ring (bicyclic) bond motifs is 1. The van der Waals surface area contributed by atoms with Gasteiger partial charge in [-0.05, 0) is 24.6 Å². The van der Waals surface area contributed by atoms with Crippen LogP contribution in [0.15, 0.2) is 23.0 Å². The monoisotopic (exact) mass is 362 g/mol. The second kappa shape index (κ2) is 6.76. The molecule has 132 valence electrons. The van der Waals surface area contributed by atoms with Crippen LogP contribution in [-0.4, -0.2) is 48.5 Å². The minimum absolute atomic E-state index is 0.152. The van der Waals surface area contributed by atoms with E-state index in [4.69, 9.17) is 16.3 Å². The summed E-state index contributed by atoms with van der Waals surface area (Å²) in [6.45, 7) is 0.710. The van der Waals surface area contributed by atoms with Crippen molar-refractivity contribution in [2.45, 2.75) is 13.0 Å². The van der Waals surface area contributed by atoms with Gasteiger partial charge in [0.05, 0.1) is 24.9 Å². The average molecular weight is 363 g/mol. The number of carbonyl (C=O) groups excluding carboxylic acids is 1. The third-order valence-corrected chi connectivity index (χ3v) is 4.40. The summed E-state index contributed by atoms with van der Waals surface area (Å²) in [5, 5.41) is 0.464. The number of ether oxygens (including phenoxy) is 1. The highest BCUT2D eigenvalue weighted by Crippen LogP contribution is 2.26. The number of methoxy groups -OCH3 is 1. The van der Waals surface area contributed by atoms with E-state index in [1.54, 1.807) is 42.1 Å².